The van der Waals surface area contributed by atoms with Crippen molar-refractivity contribution in [1.82, 2.24) is 0 Å². The van der Waals surface area contributed by atoms with Crippen LogP contribution in [-0.2, 0) is 21.7 Å². The minimum absolute atomic E-state index is 0. The van der Waals surface area contributed by atoms with E-state index in [9.17, 15) is 0 Å². The summed E-state index contributed by atoms with van der Waals surface area (Å²) in [6.45, 7) is 18.0. The Morgan fingerprint density at radius 2 is 0.880 bits per heavy atom. The predicted molar refractivity (Wildman–Crippen MR) is 98.3 cm³/mol. The summed E-state index contributed by atoms with van der Waals surface area (Å²) in [5.41, 5.74) is 5.92. The van der Waals surface area contributed by atoms with E-state index < -0.39 is 0 Å². The summed E-state index contributed by atoms with van der Waals surface area (Å²) < 4.78 is 0. The molecule has 0 aromatic carbocycles. The molecule has 0 radical (unpaired) electrons. The van der Waals surface area contributed by atoms with Gasteiger partial charge in [0.15, 0.2) is 0 Å². The van der Waals surface area contributed by atoms with Gasteiger partial charge in [0.05, 0.1) is 0 Å². The number of hydrogen-bond donors (Lipinski definition) is 0. The van der Waals surface area contributed by atoms with Gasteiger partial charge in [-0.05, 0) is 0 Å². The zero-order valence-corrected chi connectivity index (χ0v) is 21.9. The molecule has 2 aliphatic rings. The number of halogens is 2. The van der Waals surface area contributed by atoms with E-state index in [1.54, 1.807) is 0 Å². The molecule has 0 bridgehead atoms. The molecule has 3 heteroatoms. The minimum Gasteiger partial charge on any atom is -1.00 e. The third kappa shape index (κ3) is 9.40. The van der Waals surface area contributed by atoms with Crippen LogP contribution >= 0.6 is 0 Å². The summed E-state index contributed by atoms with van der Waals surface area (Å²) in [6, 6.07) is 0. The molecule has 0 aromatic rings. The van der Waals surface area contributed by atoms with Crippen LogP contribution < -0.4 is 34.0 Å². The molecule has 0 amide bonds. The summed E-state index contributed by atoms with van der Waals surface area (Å²) in [5.74, 6) is 2.63. The summed E-state index contributed by atoms with van der Waals surface area (Å²) >= 11 is 0. The first-order chi connectivity index (χ1) is 10.3. The second kappa shape index (κ2) is 14.7. The van der Waals surface area contributed by atoms with Gasteiger partial charge in [-0.2, -0.15) is 23.3 Å². The van der Waals surface area contributed by atoms with E-state index in [0.717, 1.165) is 12.8 Å². The fourth-order valence-corrected chi connectivity index (χ4v) is 3.13. The molecule has 0 N–H and O–H groups in total. The first-order valence-electron chi connectivity index (χ1n) is 8.87. The normalized spacial score (nSPS) is 15.5. The van der Waals surface area contributed by atoms with E-state index in [4.69, 9.17) is 0 Å². The van der Waals surface area contributed by atoms with Crippen molar-refractivity contribution in [3.63, 3.8) is 0 Å². The van der Waals surface area contributed by atoms with E-state index in [1.807, 2.05) is 0 Å². The van der Waals surface area contributed by atoms with Gasteiger partial charge in [0.25, 0.3) is 0 Å². The molecule has 0 aliphatic heterocycles. The Hall–Kier alpha value is 0.634. The molecular weight excluding hydrogens is 472 g/mol. The average Bonchev–Trinajstić information content (AvgIpc) is 3.08. The third-order valence-corrected chi connectivity index (χ3v) is 4.25. The Bertz CT molecular complexity index is 402. The number of hydrogen-bond acceptors (Lipinski definition) is 0. The zero-order chi connectivity index (χ0) is 16.9. The quantitative estimate of drug-likeness (QED) is 0.390. The van der Waals surface area contributed by atoms with E-state index in [2.05, 4.69) is 79.7 Å². The Labute approximate surface area is 193 Å². The number of allylic oxidation sites excluding steroid dienone is 8. The first-order valence-corrected chi connectivity index (χ1v) is 8.87. The Morgan fingerprint density at radius 1 is 0.600 bits per heavy atom. The van der Waals surface area contributed by atoms with Crippen molar-refractivity contribution in [2.75, 3.05) is 0 Å². The summed E-state index contributed by atoms with van der Waals surface area (Å²) in [7, 11) is 0. The maximum absolute atomic E-state index is 3.41. The van der Waals surface area contributed by atoms with Crippen molar-refractivity contribution in [3.8, 4) is 0 Å². The van der Waals surface area contributed by atoms with Gasteiger partial charge in [0.2, 0.25) is 0 Å². The van der Waals surface area contributed by atoms with Crippen molar-refractivity contribution in [2.24, 2.45) is 23.7 Å². The van der Waals surface area contributed by atoms with Crippen LogP contribution in [0.2, 0.25) is 0 Å². The van der Waals surface area contributed by atoms with Crippen LogP contribution in [0.5, 0.6) is 0 Å². The van der Waals surface area contributed by atoms with Crippen LogP contribution in [0.4, 0.5) is 0 Å². The van der Waals surface area contributed by atoms with E-state index in [1.165, 1.54) is 22.3 Å². The van der Waals surface area contributed by atoms with E-state index in [0.29, 0.717) is 23.7 Å². The van der Waals surface area contributed by atoms with Crippen molar-refractivity contribution < 1.29 is 55.7 Å². The third-order valence-electron chi connectivity index (χ3n) is 4.25. The molecule has 0 aromatic heterocycles. The van der Waals surface area contributed by atoms with Crippen molar-refractivity contribution >= 4 is 0 Å². The van der Waals surface area contributed by atoms with Crippen molar-refractivity contribution in [1.29, 1.82) is 0 Å². The molecule has 2 aliphatic carbocycles. The Balaban J connectivity index is -0.000000346. The molecule has 25 heavy (non-hydrogen) atoms. The van der Waals surface area contributed by atoms with Gasteiger partial charge in [-0.25, -0.2) is 11.1 Å². The van der Waals surface area contributed by atoms with Gasteiger partial charge in [0.1, 0.15) is 0 Å². The van der Waals surface area contributed by atoms with Gasteiger partial charge in [0, 0.05) is 0 Å². The molecule has 0 saturated heterocycles. The summed E-state index contributed by atoms with van der Waals surface area (Å²) in [6.07, 6.45) is 13.5. The fraction of sp³-hybridized carbons (Fsp3) is 0.636. The van der Waals surface area contributed by atoms with Crippen molar-refractivity contribution in [3.05, 3.63) is 46.6 Å². The first kappa shape index (κ1) is 30.4. The molecule has 0 atom stereocenters. The molecule has 0 unspecified atom stereocenters. The van der Waals surface area contributed by atoms with Crippen molar-refractivity contribution in [2.45, 2.75) is 68.2 Å². The smallest absolute Gasteiger partial charge is 1.00 e. The Morgan fingerprint density at radius 3 is 1.04 bits per heavy atom. The van der Waals surface area contributed by atoms with Crippen LogP contribution in [0, 0.1) is 35.8 Å². The molecule has 0 heterocycles. The van der Waals surface area contributed by atoms with Crippen LogP contribution in [0.25, 0.3) is 0 Å². The van der Waals surface area contributed by atoms with E-state index >= 15 is 0 Å². The largest absolute Gasteiger partial charge is 4.00 e. The van der Waals surface area contributed by atoms with Crippen LogP contribution in [0.1, 0.15) is 68.2 Å². The van der Waals surface area contributed by atoms with E-state index in [-0.39, 0.29) is 55.7 Å². The zero-order valence-electron chi connectivity index (χ0n) is 17.1. The fourth-order valence-electron chi connectivity index (χ4n) is 3.13. The second-order valence-electron chi connectivity index (χ2n) is 7.53. The molecule has 0 spiro atoms. The van der Waals surface area contributed by atoms with Crippen LogP contribution in [0.15, 0.2) is 34.4 Å². The van der Waals surface area contributed by atoms with Crippen LogP contribution in [0.3, 0.4) is 0 Å². The SMILES string of the molecule is CC(C)C1=[C-]CC=C1C(C)C.CC(C)C1=[C-]CC=C1C(C)C.[Br-].[Br-].[Ti+4]. The molecular formula is C22H34Br2Ti. The van der Waals surface area contributed by atoms with Gasteiger partial charge in [-0.3, -0.25) is 12.2 Å². The molecule has 0 fully saturated rings. The molecule has 0 saturated carbocycles. The number of rotatable bonds is 4. The Kier molecular flexibility index (Phi) is 17.8. The molecule has 2 rings (SSSR count). The van der Waals surface area contributed by atoms with Gasteiger partial charge < -0.3 is 34.0 Å². The van der Waals surface area contributed by atoms with Crippen LogP contribution in [-0.4, -0.2) is 0 Å². The van der Waals surface area contributed by atoms with Gasteiger partial charge in [-0.1, -0.05) is 79.1 Å². The summed E-state index contributed by atoms with van der Waals surface area (Å²) in [5, 5.41) is 0. The summed E-state index contributed by atoms with van der Waals surface area (Å²) in [4.78, 5) is 0. The molecule has 0 nitrogen and oxygen atoms in total. The predicted octanol–water partition coefficient (Wildman–Crippen LogP) is 0.722. The minimum atomic E-state index is 0. The standard InChI is InChI=1S/2C11H17.2BrH.Ti/c2*1-8(2)10-6-5-7-11(10)9(3)4;;;/h2*6,8-9H,5H2,1-4H3;2*1H;/q2*-1;;;+4/p-2. The molecule has 140 valence electrons. The monoisotopic (exact) mass is 504 g/mol. The second-order valence-corrected chi connectivity index (χ2v) is 7.53. The van der Waals surface area contributed by atoms with Gasteiger partial charge >= 0.3 is 21.7 Å². The average molecular weight is 506 g/mol. The maximum atomic E-state index is 3.41. The van der Waals surface area contributed by atoms with Gasteiger partial charge in [-0.15, -0.1) is 12.8 Å². The maximum Gasteiger partial charge on any atom is 4.00 e. The topological polar surface area (TPSA) is 0 Å².